The van der Waals surface area contributed by atoms with Crippen LogP contribution in [0.4, 0.5) is 0 Å². The van der Waals surface area contributed by atoms with Gasteiger partial charge in [-0.1, -0.05) is 12.1 Å². The molecule has 0 bridgehead atoms. The fourth-order valence-electron chi connectivity index (χ4n) is 2.10. The van der Waals surface area contributed by atoms with Crippen molar-refractivity contribution in [2.75, 3.05) is 13.7 Å². The molecule has 102 valence electrons. The molecule has 2 atom stereocenters. The zero-order chi connectivity index (χ0) is 11.5. The summed E-state index contributed by atoms with van der Waals surface area (Å²) in [6.45, 7) is 0.792. The second-order valence-electron chi connectivity index (χ2n) is 4.07. The highest BCUT2D eigenvalue weighted by Gasteiger charge is 2.28. The minimum absolute atomic E-state index is 0. The molecule has 1 aromatic rings. The maximum atomic E-state index is 11.0. The van der Waals surface area contributed by atoms with E-state index in [4.69, 9.17) is 10.5 Å². The summed E-state index contributed by atoms with van der Waals surface area (Å²) in [6.07, 6.45) is 0.766. The Morgan fingerprint density at radius 2 is 2.17 bits per heavy atom. The number of carbonyl (C=O) groups is 1. The van der Waals surface area contributed by atoms with Crippen molar-refractivity contribution in [1.29, 1.82) is 0 Å². The summed E-state index contributed by atoms with van der Waals surface area (Å²) in [5.41, 5.74) is 6.46. The van der Waals surface area contributed by atoms with Crippen LogP contribution in [0.25, 0.3) is 0 Å². The van der Waals surface area contributed by atoms with Gasteiger partial charge in [-0.15, -0.1) is 24.8 Å². The number of primary amides is 1. The van der Waals surface area contributed by atoms with Crippen LogP contribution in [0.3, 0.4) is 0 Å². The smallest absolute Gasteiger partial charge is 0.234 e. The predicted octanol–water partition coefficient (Wildman–Crippen LogP) is 1.47. The van der Waals surface area contributed by atoms with Gasteiger partial charge in [0.2, 0.25) is 5.91 Å². The van der Waals surface area contributed by atoms with Crippen molar-refractivity contribution >= 4 is 30.7 Å². The molecule has 2 rings (SSSR count). The molecule has 1 saturated heterocycles. The number of amides is 1. The van der Waals surface area contributed by atoms with Gasteiger partial charge in [0.25, 0.3) is 0 Å². The van der Waals surface area contributed by atoms with Gasteiger partial charge in [-0.2, -0.15) is 0 Å². The van der Waals surface area contributed by atoms with Crippen LogP contribution in [-0.4, -0.2) is 25.6 Å². The second kappa shape index (κ2) is 7.46. The summed E-state index contributed by atoms with van der Waals surface area (Å²) in [7, 11) is 1.65. The number of ether oxygens (including phenoxy) is 1. The van der Waals surface area contributed by atoms with E-state index in [9.17, 15) is 4.79 Å². The van der Waals surface area contributed by atoms with Gasteiger partial charge in [0.15, 0.2) is 0 Å². The SMILES string of the molecule is COc1cccc(C2CNC(C(N)=O)C2)c1.Cl.Cl. The van der Waals surface area contributed by atoms with E-state index in [-0.39, 0.29) is 36.8 Å². The maximum absolute atomic E-state index is 11.0. The number of nitrogens with one attached hydrogen (secondary N) is 1. The number of methoxy groups -OCH3 is 1. The molecule has 0 aliphatic carbocycles. The van der Waals surface area contributed by atoms with Gasteiger partial charge in [0.05, 0.1) is 13.2 Å². The fraction of sp³-hybridized carbons (Fsp3) is 0.417. The minimum Gasteiger partial charge on any atom is -0.497 e. The van der Waals surface area contributed by atoms with Crippen LogP contribution >= 0.6 is 24.8 Å². The Morgan fingerprint density at radius 3 is 2.72 bits per heavy atom. The molecule has 1 aromatic carbocycles. The highest BCUT2D eigenvalue weighted by Crippen LogP contribution is 2.27. The lowest BCUT2D eigenvalue weighted by Crippen LogP contribution is -2.36. The van der Waals surface area contributed by atoms with Gasteiger partial charge < -0.3 is 15.8 Å². The van der Waals surface area contributed by atoms with Gasteiger partial charge in [-0.3, -0.25) is 4.79 Å². The Morgan fingerprint density at radius 1 is 1.44 bits per heavy atom. The van der Waals surface area contributed by atoms with E-state index >= 15 is 0 Å². The van der Waals surface area contributed by atoms with E-state index in [0.717, 1.165) is 18.7 Å². The molecule has 1 aliphatic rings. The van der Waals surface area contributed by atoms with E-state index in [0.29, 0.717) is 5.92 Å². The summed E-state index contributed by atoms with van der Waals surface area (Å²) in [4.78, 5) is 11.0. The van der Waals surface area contributed by atoms with Crippen LogP contribution in [0.5, 0.6) is 5.75 Å². The Kier molecular flexibility index (Phi) is 7.06. The van der Waals surface area contributed by atoms with E-state index in [2.05, 4.69) is 11.4 Å². The zero-order valence-corrected chi connectivity index (χ0v) is 11.7. The highest BCUT2D eigenvalue weighted by atomic mass is 35.5. The minimum atomic E-state index is -0.273. The first-order valence-electron chi connectivity index (χ1n) is 5.37. The van der Waals surface area contributed by atoms with Crippen LogP contribution in [0.2, 0.25) is 0 Å². The number of benzene rings is 1. The summed E-state index contributed by atoms with van der Waals surface area (Å²) in [5.74, 6) is 0.915. The number of carbonyl (C=O) groups excluding carboxylic acids is 1. The monoisotopic (exact) mass is 292 g/mol. The molecule has 4 nitrogen and oxygen atoms in total. The van der Waals surface area contributed by atoms with Gasteiger partial charge >= 0.3 is 0 Å². The molecule has 0 saturated carbocycles. The van der Waals surface area contributed by atoms with Crippen molar-refractivity contribution in [2.24, 2.45) is 5.73 Å². The first kappa shape index (κ1) is 17.0. The summed E-state index contributed by atoms with van der Waals surface area (Å²) in [6, 6.07) is 7.74. The van der Waals surface area contributed by atoms with Crippen molar-refractivity contribution in [3.63, 3.8) is 0 Å². The second-order valence-corrected chi connectivity index (χ2v) is 4.07. The van der Waals surface area contributed by atoms with Crippen LogP contribution in [-0.2, 0) is 4.79 Å². The molecule has 1 fully saturated rings. The standard InChI is InChI=1S/C12H16N2O2.2ClH/c1-16-10-4-2-3-8(5-10)9-6-11(12(13)15)14-7-9;;/h2-5,9,11,14H,6-7H2,1H3,(H2,13,15);2*1H. The van der Waals surface area contributed by atoms with Crippen LogP contribution in [0, 0.1) is 0 Å². The Hall–Kier alpha value is -0.970. The van der Waals surface area contributed by atoms with E-state index in [1.54, 1.807) is 7.11 Å². The summed E-state index contributed by atoms with van der Waals surface area (Å²) in [5, 5.41) is 3.13. The third kappa shape index (κ3) is 3.77. The topological polar surface area (TPSA) is 64.3 Å². The van der Waals surface area contributed by atoms with Crippen molar-refractivity contribution in [1.82, 2.24) is 5.32 Å². The molecule has 0 spiro atoms. The number of nitrogens with two attached hydrogens (primary N) is 1. The molecule has 6 heteroatoms. The molecular formula is C12H18Cl2N2O2. The van der Waals surface area contributed by atoms with E-state index in [1.165, 1.54) is 5.56 Å². The first-order chi connectivity index (χ1) is 7.70. The average Bonchev–Trinajstić information content (AvgIpc) is 2.78. The van der Waals surface area contributed by atoms with E-state index < -0.39 is 0 Å². The first-order valence-corrected chi connectivity index (χ1v) is 5.37. The number of halogens is 2. The molecule has 0 radical (unpaired) electrons. The molecular weight excluding hydrogens is 275 g/mol. The summed E-state index contributed by atoms with van der Waals surface area (Å²) < 4.78 is 5.18. The number of rotatable bonds is 3. The largest absolute Gasteiger partial charge is 0.497 e. The molecule has 1 amide bonds. The van der Waals surface area contributed by atoms with Crippen molar-refractivity contribution in [3.05, 3.63) is 29.8 Å². The van der Waals surface area contributed by atoms with Gasteiger partial charge in [-0.25, -0.2) is 0 Å². The number of hydrogen-bond donors (Lipinski definition) is 2. The fourth-order valence-corrected chi connectivity index (χ4v) is 2.10. The van der Waals surface area contributed by atoms with Crippen LogP contribution < -0.4 is 15.8 Å². The van der Waals surface area contributed by atoms with Crippen molar-refractivity contribution in [3.8, 4) is 5.75 Å². The number of hydrogen-bond acceptors (Lipinski definition) is 3. The quantitative estimate of drug-likeness (QED) is 0.887. The van der Waals surface area contributed by atoms with Gasteiger partial charge in [0, 0.05) is 6.54 Å². The molecule has 18 heavy (non-hydrogen) atoms. The average molecular weight is 293 g/mol. The molecule has 0 aromatic heterocycles. The lowest BCUT2D eigenvalue weighted by Gasteiger charge is -2.10. The lowest BCUT2D eigenvalue weighted by molar-refractivity contribution is -0.119. The van der Waals surface area contributed by atoms with E-state index in [1.807, 2.05) is 18.2 Å². The Balaban J connectivity index is 0.00000144. The Labute approximate surface area is 119 Å². The molecule has 2 unspecified atom stereocenters. The third-order valence-corrected chi connectivity index (χ3v) is 3.04. The Bertz CT molecular complexity index is 401. The molecule has 3 N–H and O–H groups in total. The lowest BCUT2D eigenvalue weighted by atomic mass is 9.96. The summed E-state index contributed by atoms with van der Waals surface area (Å²) >= 11 is 0. The zero-order valence-electron chi connectivity index (χ0n) is 10.1. The van der Waals surface area contributed by atoms with Gasteiger partial charge in [-0.05, 0) is 30.0 Å². The van der Waals surface area contributed by atoms with Crippen LogP contribution in [0.15, 0.2) is 24.3 Å². The normalized spacial score (nSPS) is 21.6. The maximum Gasteiger partial charge on any atom is 0.234 e. The molecule has 1 aliphatic heterocycles. The van der Waals surface area contributed by atoms with Crippen molar-refractivity contribution < 1.29 is 9.53 Å². The van der Waals surface area contributed by atoms with Crippen molar-refractivity contribution in [2.45, 2.75) is 18.4 Å². The molecule has 1 heterocycles. The predicted molar refractivity (Wildman–Crippen MR) is 75.8 cm³/mol. The van der Waals surface area contributed by atoms with Gasteiger partial charge in [0.1, 0.15) is 5.75 Å². The highest BCUT2D eigenvalue weighted by molar-refractivity contribution is 5.85. The van der Waals surface area contributed by atoms with Crippen LogP contribution in [0.1, 0.15) is 17.9 Å². The third-order valence-electron chi connectivity index (χ3n) is 3.04.